The predicted octanol–water partition coefficient (Wildman–Crippen LogP) is 3.68. The zero-order valence-electron chi connectivity index (χ0n) is 17.0. The Morgan fingerprint density at radius 1 is 0.968 bits per heavy atom. The maximum atomic E-state index is 11.9. The fourth-order valence-electron chi connectivity index (χ4n) is 3.12. The Labute approximate surface area is 180 Å². The summed E-state index contributed by atoms with van der Waals surface area (Å²) in [6.07, 6.45) is 1.20. The zero-order chi connectivity index (χ0) is 22.1. The van der Waals surface area contributed by atoms with Gasteiger partial charge in [-0.25, -0.2) is 0 Å². The number of nitrogens with one attached hydrogen (secondary N) is 1. The maximum absolute atomic E-state index is 11.9. The molecule has 0 atom stereocenters. The van der Waals surface area contributed by atoms with Gasteiger partial charge in [-0.1, -0.05) is 42.5 Å². The van der Waals surface area contributed by atoms with E-state index in [0.29, 0.717) is 30.8 Å². The number of aryl methyl sites for hydroxylation is 2. The van der Waals surface area contributed by atoms with Gasteiger partial charge in [-0.3, -0.25) is 14.9 Å². The third kappa shape index (κ3) is 6.38. The summed E-state index contributed by atoms with van der Waals surface area (Å²) in [7, 11) is 0. The molecule has 3 aromatic carbocycles. The molecule has 3 rings (SSSR count). The van der Waals surface area contributed by atoms with Gasteiger partial charge in [0.05, 0.1) is 11.5 Å². The van der Waals surface area contributed by atoms with Crippen LogP contribution >= 0.6 is 0 Å². The van der Waals surface area contributed by atoms with Crippen molar-refractivity contribution in [2.75, 3.05) is 13.2 Å². The Morgan fingerprint density at radius 2 is 1.71 bits per heavy atom. The Kier molecular flexibility index (Phi) is 7.73. The van der Waals surface area contributed by atoms with Crippen LogP contribution in [0.25, 0.3) is 0 Å². The largest absolute Gasteiger partial charge is 0.489 e. The Hall–Kier alpha value is -3.71. The van der Waals surface area contributed by atoms with Gasteiger partial charge in [-0.2, -0.15) is 0 Å². The highest BCUT2D eigenvalue weighted by atomic mass is 16.6. The summed E-state index contributed by atoms with van der Waals surface area (Å²) in [5.41, 5.74) is 3.31. The second-order valence-corrected chi connectivity index (χ2v) is 7.00. The molecule has 0 aliphatic rings. The van der Waals surface area contributed by atoms with E-state index in [1.54, 1.807) is 24.3 Å². The lowest BCUT2D eigenvalue weighted by Crippen LogP contribution is -2.26. The topological polar surface area (TPSA) is 102 Å². The van der Waals surface area contributed by atoms with E-state index in [4.69, 9.17) is 9.84 Å². The van der Waals surface area contributed by atoms with Gasteiger partial charge in [0, 0.05) is 29.8 Å². The average molecular weight is 420 g/mol. The molecule has 7 heteroatoms. The summed E-state index contributed by atoms with van der Waals surface area (Å²) in [6, 6.07) is 21.5. The summed E-state index contributed by atoms with van der Waals surface area (Å²) in [4.78, 5) is 22.7. The normalized spacial score (nSPS) is 10.5. The molecule has 1 amide bonds. The summed E-state index contributed by atoms with van der Waals surface area (Å²) < 4.78 is 5.94. The molecule has 0 spiro atoms. The van der Waals surface area contributed by atoms with Gasteiger partial charge >= 0.3 is 0 Å². The van der Waals surface area contributed by atoms with Crippen LogP contribution in [0.2, 0.25) is 0 Å². The van der Waals surface area contributed by atoms with Crippen molar-refractivity contribution in [3.8, 4) is 5.75 Å². The van der Waals surface area contributed by atoms with Gasteiger partial charge in [0.1, 0.15) is 12.4 Å². The molecule has 3 aromatic rings. The van der Waals surface area contributed by atoms with Crippen molar-refractivity contribution in [1.29, 1.82) is 0 Å². The van der Waals surface area contributed by atoms with Crippen LogP contribution in [0.5, 0.6) is 5.75 Å². The van der Waals surface area contributed by atoms with Crippen molar-refractivity contribution in [2.24, 2.45) is 0 Å². The standard InChI is InChI=1S/C24H24N2O5/c27-15-14-25-24(28)20-9-6-18(7-10-20)8-11-21-16-22(26(29)30)12-13-23(21)31-17-19-4-2-1-3-5-19/h1-7,9-10,12-13,16,27H,8,11,14-15,17H2,(H,25,28). The van der Waals surface area contributed by atoms with Crippen molar-refractivity contribution in [3.05, 3.63) is 105 Å². The molecule has 160 valence electrons. The fraction of sp³-hybridized carbons (Fsp3) is 0.208. The van der Waals surface area contributed by atoms with Crippen LogP contribution in [-0.2, 0) is 19.4 Å². The monoisotopic (exact) mass is 420 g/mol. The molecule has 0 saturated carbocycles. The van der Waals surface area contributed by atoms with E-state index in [2.05, 4.69) is 5.32 Å². The third-order valence-electron chi connectivity index (χ3n) is 4.79. The second kappa shape index (κ2) is 10.9. The first-order chi connectivity index (χ1) is 15.1. The van der Waals surface area contributed by atoms with Gasteiger partial charge < -0.3 is 15.2 Å². The van der Waals surface area contributed by atoms with Crippen LogP contribution in [-0.4, -0.2) is 29.1 Å². The van der Waals surface area contributed by atoms with Gasteiger partial charge in [-0.15, -0.1) is 0 Å². The quantitative estimate of drug-likeness (QED) is 0.385. The number of ether oxygens (including phenoxy) is 1. The molecule has 7 nitrogen and oxygen atoms in total. The molecule has 0 aliphatic heterocycles. The molecule has 0 radical (unpaired) electrons. The van der Waals surface area contributed by atoms with Gasteiger partial charge in [0.15, 0.2) is 0 Å². The molecular formula is C24H24N2O5. The number of aliphatic hydroxyl groups is 1. The number of aliphatic hydroxyl groups excluding tert-OH is 1. The van der Waals surface area contributed by atoms with E-state index in [9.17, 15) is 14.9 Å². The molecule has 2 N–H and O–H groups in total. The number of amides is 1. The van der Waals surface area contributed by atoms with E-state index in [1.807, 2.05) is 42.5 Å². The summed E-state index contributed by atoms with van der Waals surface area (Å²) in [6.45, 7) is 0.476. The summed E-state index contributed by atoms with van der Waals surface area (Å²) >= 11 is 0. The van der Waals surface area contributed by atoms with Gasteiger partial charge in [-0.05, 0) is 42.2 Å². The number of rotatable bonds is 10. The lowest BCUT2D eigenvalue weighted by molar-refractivity contribution is -0.384. The van der Waals surface area contributed by atoms with Crippen LogP contribution in [0.1, 0.15) is 27.0 Å². The minimum absolute atomic E-state index is 0.0259. The highest BCUT2D eigenvalue weighted by molar-refractivity contribution is 5.94. The third-order valence-corrected chi connectivity index (χ3v) is 4.79. The van der Waals surface area contributed by atoms with Gasteiger partial charge in [0.25, 0.3) is 11.6 Å². The van der Waals surface area contributed by atoms with Crippen LogP contribution in [0.15, 0.2) is 72.8 Å². The molecular weight excluding hydrogens is 396 g/mol. The van der Waals surface area contributed by atoms with Crippen LogP contribution in [0, 0.1) is 10.1 Å². The molecule has 0 aromatic heterocycles. The molecule has 31 heavy (non-hydrogen) atoms. The van der Waals surface area contributed by atoms with Crippen LogP contribution in [0.4, 0.5) is 5.69 Å². The SMILES string of the molecule is O=C(NCCO)c1ccc(CCc2cc([N+](=O)[O-])ccc2OCc2ccccc2)cc1. The predicted molar refractivity (Wildman–Crippen MR) is 117 cm³/mol. The Bertz CT molecular complexity index is 1020. The number of hydrogen-bond acceptors (Lipinski definition) is 5. The lowest BCUT2D eigenvalue weighted by Gasteiger charge is -2.12. The number of non-ortho nitro benzene ring substituents is 1. The minimum atomic E-state index is -0.412. The molecule has 0 fully saturated rings. The molecule has 0 heterocycles. The van der Waals surface area contributed by atoms with Crippen LogP contribution in [0.3, 0.4) is 0 Å². The molecule has 0 saturated heterocycles. The van der Waals surface area contributed by atoms with E-state index in [-0.39, 0.29) is 24.7 Å². The molecule has 0 aliphatic carbocycles. The number of hydrogen-bond donors (Lipinski definition) is 2. The zero-order valence-corrected chi connectivity index (χ0v) is 17.0. The number of nitrogens with zero attached hydrogens (tertiary/aromatic N) is 1. The highest BCUT2D eigenvalue weighted by Gasteiger charge is 2.13. The Balaban J connectivity index is 1.69. The van der Waals surface area contributed by atoms with E-state index >= 15 is 0 Å². The van der Waals surface area contributed by atoms with Crippen molar-refractivity contribution < 1.29 is 19.6 Å². The highest BCUT2D eigenvalue weighted by Crippen LogP contribution is 2.26. The van der Waals surface area contributed by atoms with E-state index in [0.717, 1.165) is 16.7 Å². The second-order valence-electron chi connectivity index (χ2n) is 7.00. The first kappa shape index (κ1) is 22.0. The molecule has 0 bridgehead atoms. The maximum Gasteiger partial charge on any atom is 0.269 e. The number of carbonyl (C=O) groups is 1. The smallest absolute Gasteiger partial charge is 0.269 e. The van der Waals surface area contributed by atoms with Crippen molar-refractivity contribution in [3.63, 3.8) is 0 Å². The number of nitro groups is 1. The van der Waals surface area contributed by atoms with Crippen molar-refractivity contribution in [1.82, 2.24) is 5.32 Å². The van der Waals surface area contributed by atoms with E-state index in [1.165, 1.54) is 6.07 Å². The van der Waals surface area contributed by atoms with Crippen molar-refractivity contribution >= 4 is 11.6 Å². The fourth-order valence-corrected chi connectivity index (χ4v) is 3.12. The van der Waals surface area contributed by atoms with Crippen molar-refractivity contribution in [2.45, 2.75) is 19.4 Å². The lowest BCUT2D eigenvalue weighted by atomic mass is 10.0. The number of nitro benzene ring substituents is 1. The Morgan fingerprint density at radius 3 is 2.39 bits per heavy atom. The van der Waals surface area contributed by atoms with Gasteiger partial charge in [0.2, 0.25) is 0 Å². The first-order valence-electron chi connectivity index (χ1n) is 9.99. The summed E-state index contributed by atoms with van der Waals surface area (Å²) in [5, 5.41) is 22.6. The number of carbonyl (C=O) groups excluding carboxylic acids is 1. The first-order valence-corrected chi connectivity index (χ1v) is 9.99. The average Bonchev–Trinajstić information content (AvgIpc) is 2.81. The van der Waals surface area contributed by atoms with Crippen LogP contribution < -0.4 is 10.1 Å². The summed E-state index contributed by atoms with van der Waals surface area (Å²) in [5.74, 6) is 0.380. The number of benzene rings is 3. The minimum Gasteiger partial charge on any atom is -0.489 e. The molecule has 0 unspecified atom stereocenters. The van der Waals surface area contributed by atoms with E-state index < -0.39 is 4.92 Å².